The Bertz CT molecular complexity index is 1070. The molecule has 2 amide bonds. The summed E-state index contributed by atoms with van der Waals surface area (Å²) in [5.41, 5.74) is 1.57. The minimum atomic E-state index is -0.358. The number of hydrogen-bond acceptors (Lipinski definition) is 4. The van der Waals surface area contributed by atoms with E-state index in [0.717, 1.165) is 5.56 Å². The van der Waals surface area contributed by atoms with Crippen molar-refractivity contribution in [1.82, 2.24) is 19.8 Å². The van der Waals surface area contributed by atoms with Gasteiger partial charge in [0.05, 0.1) is 23.6 Å². The summed E-state index contributed by atoms with van der Waals surface area (Å²) in [6.07, 6.45) is 0.618. The van der Waals surface area contributed by atoms with Crippen molar-refractivity contribution >= 4 is 16.9 Å². The minimum absolute atomic E-state index is 0.0852. The lowest BCUT2D eigenvalue weighted by molar-refractivity contribution is 0.123. The standard InChI is InChI=1S/C24H30N4O3/c1-4-21(22-26-20-14-10-9-13-19(20)23(29)27(22)5-2)28(15-16-31-3)24(30)25-17-18-11-7-6-8-12-18/h6-14,21H,4-5,15-17H2,1-3H3,(H,25,30). The number of nitrogens with one attached hydrogen (secondary N) is 1. The number of para-hydroxylation sites is 1. The van der Waals surface area contributed by atoms with E-state index in [9.17, 15) is 9.59 Å². The second-order valence-electron chi connectivity index (χ2n) is 7.29. The lowest BCUT2D eigenvalue weighted by atomic mass is 10.1. The molecule has 0 bridgehead atoms. The van der Waals surface area contributed by atoms with E-state index in [2.05, 4.69) is 5.32 Å². The highest BCUT2D eigenvalue weighted by molar-refractivity contribution is 5.78. The largest absolute Gasteiger partial charge is 0.383 e. The molecular weight excluding hydrogens is 392 g/mol. The van der Waals surface area contributed by atoms with Gasteiger partial charge in [-0.05, 0) is 31.0 Å². The molecular formula is C24H30N4O3. The molecule has 31 heavy (non-hydrogen) atoms. The van der Waals surface area contributed by atoms with E-state index >= 15 is 0 Å². The van der Waals surface area contributed by atoms with Crippen molar-refractivity contribution in [2.45, 2.75) is 39.4 Å². The number of aromatic nitrogens is 2. The Kier molecular flexibility index (Phi) is 7.78. The third kappa shape index (κ3) is 5.11. The van der Waals surface area contributed by atoms with Crippen LogP contribution < -0.4 is 10.9 Å². The van der Waals surface area contributed by atoms with Gasteiger partial charge < -0.3 is 15.0 Å². The summed E-state index contributed by atoms with van der Waals surface area (Å²) in [7, 11) is 1.61. The van der Waals surface area contributed by atoms with Crippen molar-refractivity contribution in [1.29, 1.82) is 0 Å². The lowest BCUT2D eigenvalue weighted by Crippen LogP contribution is -2.45. The fraction of sp³-hybridized carbons (Fsp3) is 0.375. The molecule has 0 spiro atoms. The summed E-state index contributed by atoms with van der Waals surface area (Å²) in [5.74, 6) is 0.597. The maximum absolute atomic E-state index is 13.2. The predicted octanol–water partition coefficient (Wildman–Crippen LogP) is 3.73. The average molecular weight is 423 g/mol. The van der Waals surface area contributed by atoms with Crippen LogP contribution in [0.15, 0.2) is 59.4 Å². The average Bonchev–Trinajstić information content (AvgIpc) is 2.81. The van der Waals surface area contributed by atoms with Crippen LogP contribution in [-0.4, -0.2) is 40.7 Å². The molecule has 164 valence electrons. The predicted molar refractivity (Wildman–Crippen MR) is 122 cm³/mol. The minimum Gasteiger partial charge on any atom is -0.383 e. The molecule has 0 fully saturated rings. The number of fused-ring (bicyclic) bond motifs is 1. The third-order valence-corrected chi connectivity index (χ3v) is 5.35. The molecule has 1 heterocycles. The van der Waals surface area contributed by atoms with Gasteiger partial charge in [-0.3, -0.25) is 9.36 Å². The van der Waals surface area contributed by atoms with Crippen LogP contribution in [0.3, 0.4) is 0 Å². The van der Waals surface area contributed by atoms with E-state index in [0.29, 0.717) is 49.4 Å². The van der Waals surface area contributed by atoms with E-state index < -0.39 is 0 Å². The summed E-state index contributed by atoms with van der Waals surface area (Å²) in [5, 5.41) is 3.58. The number of rotatable bonds is 9. The highest BCUT2D eigenvalue weighted by Gasteiger charge is 2.28. The molecule has 2 aromatic carbocycles. The van der Waals surface area contributed by atoms with Crippen molar-refractivity contribution in [3.8, 4) is 0 Å². The van der Waals surface area contributed by atoms with Crippen LogP contribution in [0, 0.1) is 0 Å². The summed E-state index contributed by atoms with van der Waals surface area (Å²) in [6.45, 7) is 5.60. The van der Waals surface area contributed by atoms with Gasteiger partial charge in [0.1, 0.15) is 5.82 Å². The number of carbonyl (C=O) groups is 1. The first kappa shape index (κ1) is 22.5. The fourth-order valence-electron chi connectivity index (χ4n) is 3.75. The van der Waals surface area contributed by atoms with Gasteiger partial charge in [-0.2, -0.15) is 0 Å². The second-order valence-corrected chi connectivity index (χ2v) is 7.29. The van der Waals surface area contributed by atoms with Crippen LogP contribution in [0.5, 0.6) is 0 Å². The molecule has 0 saturated heterocycles. The SMILES string of the molecule is CCC(c1nc2ccccc2c(=O)n1CC)N(CCOC)C(=O)NCc1ccccc1. The number of methoxy groups -OCH3 is 1. The fourth-order valence-corrected chi connectivity index (χ4v) is 3.75. The zero-order chi connectivity index (χ0) is 22.2. The molecule has 3 aromatic rings. The Balaban J connectivity index is 1.97. The zero-order valence-corrected chi connectivity index (χ0v) is 18.4. The van der Waals surface area contributed by atoms with Crippen LogP contribution in [0.1, 0.15) is 37.7 Å². The van der Waals surface area contributed by atoms with Crippen molar-refractivity contribution in [3.05, 3.63) is 76.3 Å². The van der Waals surface area contributed by atoms with E-state index in [1.165, 1.54) is 0 Å². The van der Waals surface area contributed by atoms with Crippen molar-refractivity contribution < 1.29 is 9.53 Å². The van der Waals surface area contributed by atoms with Crippen LogP contribution >= 0.6 is 0 Å². The molecule has 1 unspecified atom stereocenters. The molecule has 7 nitrogen and oxygen atoms in total. The number of nitrogens with zero attached hydrogens (tertiary/aromatic N) is 3. The molecule has 0 aliphatic heterocycles. The van der Waals surface area contributed by atoms with E-state index in [1.54, 1.807) is 22.6 Å². The highest BCUT2D eigenvalue weighted by Crippen LogP contribution is 2.24. The molecule has 1 N–H and O–H groups in total. The number of amides is 2. The van der Waals surface area contributed by atoms with Gasteiger partial charge in [-0.1, -0.05) is 49.4 Å². The molecule has 0 aliphatic carbocycles. The molecule has 1 aromatic heterocycles. The Morgan fingerprint density at radius 1 is 1.13 bits per heavy atom. The van der Waals surface area contributed by atoms with Crippen molar-refractivity contribution in [2.24, 2.45) is 0 Å². The van der Waals surface area contributed by atoms with E-state index in [4.69, 9.17) is 9.72 Å². The van der Waals surface area contributed by atoms with E-state index in [1.807, 2.05) is 62.4 Å². The van der Waals surface area contributed by atoms with Crippen LogP contribution in [0.4, 0.5) is 4.79 Å². The number of urea groups is 1. The number of benzene rings is 2. The van der Waals surface area contributed by atoms with Crippen LogP contribution in [0.2, 0.25) is 0 Å². The van der Waals surface area contributed by atoms with Crippen molar-refractivity contribution in [3.63, 3.8) is 0 Å². The number of hydrogen-bond donors (Lipinski definition) is 1. The Morgan fingerprint density at radius 3 is 2.52 bits per heavy atom. The second kappa shape index (κ2) is 10.7. The topological polar surface area (TPSA) is 76.5 Å². The third-order valence-electron chi connectivity index (χ3n) is 5.35. The van der Waals surface area contributed by atoms with Crippen LogP contribution in [0.25, 0.3) is 10.9 Å². The molecule has 0 saturated carbocycles. The summed E-state index contributed by atoms with van der Waals surface area (Å²) < 4.78 is 6.92. The molecule has 1 atom stereocenters. The number of carbonyl (C=O) groups excluding carboxylic acids is 1. The molecule has 3 rings (SSSR count). The first-order valence-corrected chi connectivity index (χ1v) is 10.7. The van der Waals surface area contributed by atoms with Gasteiger partial charge in [-0.15, -0.1) is 0 Å². The Hall–Kier alpha value is -3.19. The quantitative estimate of drug-likeness (QED) is 0.570. The first-order chi connectivity index (χ1) is 15.1. The molecule has 0 radical (unpaired) electrons. The summed E-state index contributed by atoms with van der Waals surface area (Å²) >= 11 is 0. The smallest absolute Gasteiger partial charge is 0.318 e. The molecule has 0 aliphatic rings. The Morgan fingerprint density at radius 2 is 1.84 bits per heavy atom. The maximum Gasteiger partial charge on any atom is 0.318 e. The van der Waals surface area contributed by atoms with Crippen molar-refractivity contribution in [2.75, 3.05) is 20.3 Å². The van der Waals surface area contributed by atoms with E-state index in [-0.39, 0.29) is 17.6 Å². The zero-order valence-electron chi connectivity index (χ0n) is 18.4. The summed E-state index contributed by atoms with van der Waals surface area (Å²) in [4.78, 5) is 32.8. The normalized spacial score (nSPS) is 12.0. The molecule has 7 heteroatoms. The van der Waals surface area contributed by atoms with Gasteiger partial charge in [-0.25, -0.2) is 9.78 Å². The van der Waals surface area contributed by atoms with Gasteiger partial charge in [0.15, 0.2) is 0 Å². The van der Waals surface area contributed by atoms with Crippen LogP contribution in [-0.2, 0) is 17.8 Å². The lowest BCUT2D eigenvalue weighted by Gasteiger charge is -2.32. The van der Waals surface area contributed by atoms with Gasteiger partial charge >= 0.3 is 6.03 Å². The monoisotopic (exact) mass is 422 g/mol. The first-order valence-electron chi connectivity index (χ1n) is 10.7. The maximum atomic E-state index is 13.2. The number of ether oxygens (including phenoxy) is 1. The summed E-state index contributed by atoms with van der Waals surface area (Å²) in [6, 6.07) is 16.5. The van der Waals surface area contributed by atoms with Gasteiger partial charge in [0.2, 0.25) is 0 Å². The van der Waals surface area contributed by atoms with Gasteiger partial charge in [0.25, 0.3) is 5.56 Å². The van der Waals surface area contributed by atoms with Gasteiger partial charge in [0, 0.05) is 26.7 Å². The Labute approximate surface area is 182 Å². The highest BCUT2D eigenvalue weighted by atomic mass is 16.5.